The van der Waals surface area contributed by atoms with Crippen LogP contribution in [-0.4, -0.2) is 19.8 Å². The van der Waals surface area contributed by atoms with E-state index in [4.69, 9.17) is 13.6 Å². The number of phosphoric acid groups is 1. The van der Waals surface area contributed by atoms with Crippen LogP contribution in [0.3, 0.4) is 0 Å². The Hall–Kier alpha value is 0.110. The van der Waals surface area contributed by atoms with E-state index in [1.807, 2.05) is 27.7 Å². The monoisotopic (exact) mass is 238 g/mol. The molecule has 0 saturated heterocycles. The smallest absolute Gasteiger partial charge is 0.287 e. The Bertz CT molecular complexity index is 182. The van der Waals surface area contributed by atoms with Gasteiger partial charge in [-0.1, -0.05) is 27.7 Å². The van der Waals surface area contributed by atoms with E-state index >= 15 is 0 Å². The fourth-order valence-corrected chi connectivity index (χ4v) is 2.28. The normalized spacial score (nSPS) is 12.3. The highest BCUT2D eigenvalue weighted by atomic mass is 31.2. The van der Waals surface area contributed by atoms with Crippen LogP contribution in [0.15, 0.2) is 0 Å². The number of hydrogen-bond acceptors (Lipinski definition) is 4. The highest BCUT2D eigenvalue weighted by Crippen LogP contribution is 2.49. The fourth-order valence-electron chi connectivity index (χ4n) is 0.758. The minimum Gasteiger partial charge on any atom is -0.287 e. The van der Waals surface area contributed by atoms with Crippen LogP contribution >= 0.6 is 7.82 Å². The largest absolute Gasteiger partial charge is 0.474 e. The summed E-state index contributed by atoms with van der Waals surface area (Å²) >= 11 is 0. The summed E-state index contributed by atoms with van der Waals surface area (Å²) in [7, 11) is -3.31. The van der Waals surface area contributed by atoms with Crippen molar-refractivity contribution in [3.05, 3.63) is 0 Å². The van der Waals surface area contributed by atoms with Gasteiger partial charge in [0.25, 0.3) is 0 Å². The molecule has 0 radical (unpaired) electrons. The lowest BCUT2D eigenvalue weighted by molar-refractivity contribution is 0.104. The molecule has 0 unspecified atom stereocenters. The molecule has 0 aromatic rings. The predicted octanol–water partition coefficient (Wildman–Crippen LogP) is 3.62. The predicted molar refractivity (Wildman–Crippen MR) is 60.9 cm³/mol. The number of rotatable bonds is 9. The van der Waals surface area contributed by atoms with Crippen LogP contribution in [0.5, 0.6) is 0 Å². The molecule has 0 N–H and O–H groups in total. The Morgan fingerprint density at radius 3 is 1.80 bits per heavy atom. The first-order chi connectivity index (χ1) is 7.04. The third kappa shape index (κ3) is 7.97. The summed E-state index contributed by atoms with van der Waals surface area (Å²) in [6.45, 7) is 9.08. The van der Waals surface area contributed by atoms with Crippen molar-refractivity contribution < 1.29 is 18.1 Å². The average Bonchev–Trinajstić information content (AvgIpc) is 2.21. The highest BCUT2D eigenvalue weighted by molar-refractivity contribution is 7.48. The molecule has 0 fully saturated rings. The third-order valence-electron chi connectivity index (χ3n) is 1.47. The Balaban J connectivity index is 4.08. The van der Waals surface area contributed by atoms with Gasteiger partial charge in [-0.05, 0) is 18.8 Å². The van der Waals surface area contributed by atoms with Gasteiger partial charge >= 0.3 is 7.82 Å². The lowest BCUT2D eigenvalue weighted by atomic mass is 10.2. The Morgan fingerprint density at radius 1 is 1.00 bits per heavy atom. The van der Waals surface area contributed by atoms with E-state index in [-0.39, 0.29) is 0 Å². The summed E-state index contributed by atoms with van der Waals surface area (Å²) in [6.07, 6.45) is 1.59. The summed E-state index contributed by atoms with van der Waals surface area (Å²) in [5.41, 5.74) is 0. The molecule has 5 heteroatoms. The summed E-state index contributed by atoms with van der Waals surface area (Å²) < 4.78 is 27.5. The maximum atomic E-state index is 12.0. The molecule has 4 nitrogen and oxygen atoms in total. The summed E-state index contributed by atoms with van der Waals surface area (Å²) in [6, 6.07) is 0. The second-order valence-corrected chi connectivity index (χ2v) is 5.47. The first-order valence-electron chi connectivity index (χ1n) is 5.57. The van der Waals surface area contributed by atoms with E-state index in [0.29, 0.717) is 25.7 Å². The zero-order valence-electron chi connectivity index (χ0n) is 10.2. The van der Waals surface area contributed by atoms with Gasteiger partial charge in [-0.2, -0.15) is 0 Å². The summed E-state index contributed by atoms with van der Waals surface area (Å²) in [5.74, 6) is 0.314. The van der Waals surface area contributed by atoms with Crippen molar-refractivity contribution in [3.63, 3.8) is 0 Å². The second-order valence-electron chi connectivity index (χ2n) is 3.80. The molecule has 0 aliphatic rings. The lowest BCUT2D eigenvalue weighted by Crippen LogP contribution is -2.06. The van der Waals surface area contributed by atoms with Gasteiger partial charge in [-0.3, -0.25) is 13.6 Å². The van der Waals surface area contributed by atoms with Crippen LogP contribution in [0, 0.1) is 5.92 Å². The van der Waals surface area contributed by atoms with Crippen molar-refractivity contribution >= 4 is 7.82 Å². The van der Waals surface area contributed by atoms with Gasteiger partial charge in [0.15, 0.2) is 0 Å². The number of phosphoric ester groups is 1. The van der Waals surface area contributed by atoms with Crippen LogP contribution in [-0.2, 0) is 18.1 Å². The van der Waals surface area contributed by atoms with Gasteiger partial charge in [0.2, 0.25) is 0 Å². The van der Waals surface area contributed by atoms with Gasteiger partial charge in [0.1, 0.15) is 0 Å². The molecule has 0 bridgehead atoms. The Morgan fingerprint density at radius 2 is 1.47 bits per heavy atom. The van der Waals surface area contributed by atoms with Crippen LogP contribution < -0.4 is 0 Å². The van der Waals surface area contributed by atoms with E-state index in [9.17, 15) is 4.57 Å². The molecule has 0 aromatic heterocycles. The van der Waals surface area contributed by atoms with Crippen molar-refractivity contribution in [3.8, 4) is 0 Å². The van der Waals surface area contributed by atoms with E-state index in [2.05, 4.69) is 0 Å². The topological polar surface area (TPSA) is 44.8 Å². The van der Waals surface area contributed by atoms with Gasteiger partial charge in [-0.15, -0.1) is 0 Å². The Labute approximate surface area is 92.9 Å². The standard InChI is InChI=1S/C10H23O4P/c1-5-7-12-15(11,13-8-6-2)14-9-10(3)4/h10H,5-9H2,1-4H3. The van der Waals surface area contributed by atoms with Gasteiger partial charge in [-0.25, -0.2) is 4.57 Å². The van der Waals surface area contributed by atoms with Gasteiger partial charge in [0.05, 0.1) is 19.8 Å². The van der Waals surface area contributed by atoms with Crippen molar-refractivity contribution in [1.29, 1.82) is 0 Å². The van der Waals surface area contributed by atoms with Crippen molar-refractivity contribution in [2.45, 2.75) is 40.5 Å². The lowest BCUT2D eigenvalue weighted by Gasteiger charge is -2.18. The van der Waals surface area contributed by atoms with E-state index in [0.717, 1.165) is 12.8 Å². The molecule has 0 aliphatic carbocycles. The molecule has 0 rings (SSSR count). The first-order valence-corrected chi connectivity index (χ1v) is 7.03. The van der Waals surface area contributed by atoms with Crippen molar-refractivity contribution in [2.24, 2.45) is 5.92 Å². The van der Waals surface area contributed by atoms with Crippen molar-refractivity contribution in [1.82, 2.24) is 0 Å². The molecule has 15 heavy (non-hydrogen) atoms. The number of hydrogen-bond donors (Lipinski definition) is 0. The van der Waals surface area contributed by atoms with E-state index in [1.54, 1.807) is 0 Å². The van der Waals surface area contributed by atoms with Gasteiger partial charge < -0.3 is 0 Å². The van der Waals surface area contributed by atoms with Crippen LogP contribution in [0.4, 0.5) is 0 Å². The SMILES string of the molecule is CCCOP(=O)(OCCC)OCC(C)C. The highest BCUT2D eigenvalue weighted by Gasteiger charge is 2.26. The zero-order chi connectivity index (χ0) is 11.7. The third-order valence-corrected chi connectivity index (χ3v) is 2.94. The molecular formula is C10H23O4P. The maximum Gasteiger partial charge on any atom is 0.474 e. The minimum atomic E-state index is -3.31. The molecule has 0 aromatic carbocycles. The van der Waals surface area contributed by atoms with Crippen LogP contribution in [0.2, 0.25) is 0 Å². The molecule has 0 aliphatic heterocycles. The summed E-state index contributed by atoms with van der Waals surface area (Å²) in [5, 5.41) is 0. The molecule has 0 amide bonds. The molecule has 0 saturated carbocycles. The van der Waals surface area contributed by atoms with Crippen LogP contribution in [0.25, 0.3) is 0 Å². The maximum absolute atomic E-state index is 12.0. The molecule has 0 spiro atoms. The molecule has 92 valence electrons. The second kappa shape index (κ2) is 8.28. The minimum absolute atomic E-state index is 0.314. The summed E-state index contributed by atoms with van der Waals surface area (Å²) in [4.78, 5) is 0. The zero-order valence-corrected chi connectivity index (χ0v) is 11.1. The molecule has 0 heterocycles. The fraction of sp³-hybridized carbons (Fsp3) is 1.00. The van der Waals surface area contributed by atoms with Crippen LogP contribution in [0.1, 0.15) is 40.5 Å². The first kappa shape index (κ1) is 15.1. The van der Waals surface area contributed by atoms with E-state index < -0.39 is 7.82 Å². The molecule has 0 atom stereocenters. The van der Waals surface area contributed by atoms with Crippen molar-refractivity contribution in [2.75, 3.05) is 19.8 Å². The quantitative estimate of drug-likeness (QED) is 0.575. The Kier molecular flexibility index (Phi) is 8.34. The molecular weight excluding hydrogens is 215 g/mol. The average molecular weight is 238 g/mol. The van der Waals surface area contributed by atoms with Gasteiger partial charge in [0, 0.05) is 0 Å². The van der Waals surface area contributed by atoms with E-state index in [1.165, 1.54) is 0 Å².